The first kappa shape index (κ1) is 12.1. The molecule has 1 unspecified atom stereocenters. The first-order chi connectivity index (χ1) is 8.68. The molecule has 2 heterocycles. The first-order valence-electron chi connectivity index (χ1n) is 5.79. The van der Waals surface area contributed by atoms with Crippen molar-refractivity contribution in [2.45, 2.75) is 19.5 Å². The summed E-state index contributed by atoms with van der Waals surface area (Å²) in [6.45, 7) is 3.88. The maximum absolute atomic E-state index is 6.32. The molecule has 1 N–H and O–H groups in total. The van der Waals surface area contributed by atoms with Gasteiger partial charge in [-0.25, -0.2) is 0 Å². The van der Waals surface area contributed by atoms with E-state index in [0.717, 1.165) is 34.8 Å². The zero-order valence-electron chi connectivity index (χ0n) is 9.82. The molecule has 1 aliphatic heterocycles. The van der Waals surface area contributed by atoms with Gasteiger partial charge in [-0.15, -0.1) is 10.2 Å². The molecule has 0 spiro atoms. The fourth-order valence-electron chi connectivity index (χ4n) is 2.22. The zero-order chi connectivity index (χ0) is 12.7. The molecule has 0 radical (unpaired) electrons. The Kier molecular flexibility index (Phi) is 3.13. The summed E-state index contributed by atoms with van der Waals surface area (Å²) in [6.07, 6.45) is 0. The third-order valence-electron chi connectivity index (χ3n) is 3.15. The lowest BCUT2D eigenvalue weighted by molar-refractivity contribution is 0.439. The lowest BCUT2D eigenvalue weighted by atomic mass is 10.2. The quantitative estimate of drug-likeness (QED) is 0.875. The number of hydrogen-bond acceptors (Lipinski definition) is 3. The largest absolute Gasteiger partial charge is 0.308 e. The number of benzene rings is 1. The van der Waals surface area contributed by atoms with Crippen LogP contribution in [0.25, 0.3) is 11.4 Å². The molecule has 0 amide bonds. The minimum absolute atomic E-state index is 0.228. The number of nitrogens with one attached hydrogen (secondary N) is 1. The van der Waals surface area contributed by atoms with E-state index in [-0.39, 0.29) is 6.04 Å². The summed E-state index contributed by atoms with van der Waals surface area (Å²) >= 11 is 9.76. The number of fused-ring (bicyclic) bond motifs is 1. The van der Waals surface area contributed by atoms with Crippen molar-refractivity contribution < 1.29 is 0 Å². The van der Waals surface area contributed by atoms with Crippen molar-refractivity contribution in [1.29, 1.82) is 0 Å². The second kappa shape index (κ2) is 4.64. The van der Waals surface area contributed by atoms with E-state index in [1.54, 1.807) is 0 Å². The summed E-state index contributed by atoms with van der Waals surface area (Å²) in [6, 6.07) is 6.07. The van der Waals surface area contributed by atoms with E-state index < -0.39 is 0 Å². The Morgan fingerprint density at radius 2 is 2.28 bits per heavy atom. The molecule has 0 bridgehead atoms. The van der Waals surface area contributed by atoms with Crippen LogP contribution < -0.4 is 5.32 Å². The summed E-state index contributed by atoms with van der Waals surface area (Å²) in [5.41, 5.74) is 0.916. The van der Waals surface area contributed by atoms with Crippen LogP contribution in [-0.4, -0.2) is 21.3 Å². The molecule has 1 aromatic heterocycles. The molecule has 2 aromatic rings. The highest BCUT2D eigenvalue weighted by Gasteiger charge is 2.23. The Labute approximate surface area is 118 Å². The smallest absolute Gasteiger partial charge is 0.165 e. The van der Waals surface area contributed by atoms with Crippen molar-refractivity contribution in [3.63, 3.8) is 0 Å². The summed E-state index contributed by atoms with van der Waals surface area (Å²) in [7, 11) is 0. The Balaban J connectivity index is 2.16. The van der Waals surface area contributed by atoms with Gasteiger partial charge in [0.25, 0.3) is 0 Å². The molecule has 1 aromatic carbocycles. The molecule has 1 atom stereocenters. The normalized spacial score (nSPS) is 18.7. The highest BCUT2D eigenvalue weighted by atomic mass is 79.9. The lowest BCUT2D eigenvalue weighted by Crippen LogP contribution is -2.32. The van der Waals surface area contributed by atoms with E-state index in [2.05, 4.69) is 42.9 Å². The van der Waals surface area contributed by atoms with Crippen molar-refractivity contribution in [3.8, 4) is 11.4 Å². The second-order valence-electron chi connectivity index (χ2n) is 4.31. The SMILES string of the molecule is CC1NCCn2c(-c3cccc(Br)c3Cl)nnc21. The summed E-state index contributed by atoms with van der Waals surface area (Å²) in [5, 5.41) is 12.6. The summed E-state index contributed by atoms with van der Waals surface area (Å²) in [4.78, 5) is 0. The minimum Gasteiger partial charge on any atom is -0.308 e. The number of aromatic nitrogens is 3. The van der Waals surface area contributed by atoms with Crippen LogP contribution in [0.1, 0.15) is 18.8 Å². The first-order valence-corrected chi connectivity index (χ1v) is 6.96. The fourth-order valence-corrected chi connectivity index (χ4v) is 2.79. The van der Waals surface area contributed by atoms with Gasteiger partial charge in [0.15, 0.2) is 5.82 Å². The van der Waals surface area contributed by atoms with Gasteiger partial charge in [0.1, 0.15) is 5.82 Å². The predicted molar refractivity (Wildman–Crippen MR) is 74.6 cm³/mol. The molecule has 3 rings (SSSR count). The van der Waals surface area contributed by atoms with Crippen molar-refractivity contribution in [3.05, 3.63) is 33.5 Å². The average Bonchev–Trinajstić information content (AvgIpc) is 2.78. The van der Waals surface area contributed by atoms with Crippen LogP contribution in [0.5, 0.6) is 0 Å². The van der Waals surface area contributed by atoms with Gasteiger partial charge in [-0.2, -0.15) is 0 Å². The Bertz CT molecular complexity index is 596. The molecule has 94 valence electrons. The zero-order valence-corrected chi connectivity index (χ0v) is 12.2. The van der Waals surface area contributed by atoms with Gasteiger partial charge < -0.3 is 9.88 Å². The highest BCUT2D eigenvalue weighted by Crippen LogP contribution is 2.33. The molecule has 6 heteroatoms. The van der Waals surface area contributed by atoms with E-state index in [9.17, 15) is 0 Å². The van der Waals surface area contributed by atoms with E-state index in [1.165, 1.54) is 0 Å². The third kappa shape index (κ3) is 1.86. The van der Waals surface area contributed by atoms with Crippen LogP contribution in [0, 0.1) is 0 Å². The topological polar surface area (TPSA) is 42.7 Å². The predicted octanol–water partition coefficient (Wildman–Crippen LogP) is 3.03. The van der Waals surface area contributed by atoms with Crippen LogP contribution >= 0.6 is 27.5 Å². The Hall–Kier alpha value is -0.910. The number of hydrogen-bond donors (Lipinski definition) is 1. The van der Waals surface area contributed by atoms with Gasteiger partial charge in [0, 0.05) is 23.1 Å². The molecule has 0 saturated heterocycles. The van der Waals surface area contributed by atoms with Gasteiger partial charge in [0.2, 0.25) is 0 Å². The van der Waals surface area contributed by atoms with Crippen LogP contribution in [0.4, 0.5) is 0 Å². The van der Waals surface area contributed by atoms with Crippen LogP contribution in [0.3, 0.4) is 0 Å². The number of rotatable bonds is 1. The van der Waals surface area contributed by atoms with Gasteiger partial charge in [0.05, 0.1) is 11.1 Å². The maximum atomic E-state index is 6.32. The molecule has 0 aliphatic carbocycles. The summed E-state index contributed by atoms with van der Waals surface area (Å²) < 4.78 is 3.01. The molecule has 1 aliphatic rings. The van der Waals surface area contributed by atoms with Gasteiger partial charge in [-0.1, -0.05) is 17.7 Å². The van der Waals surface area contributed by atoms with Gasteiger partial charge in [-0.3, -0.25) is 0 Å². The number of halogens is 2. The molecule has 18 heavy (non-hydrogen) atoms. The van der Waals surface area contributed by atoms with E-state index >= 15 is 0 Å². The summed E-state index contributed by atoms with van der Waals surface area (Å²) in [5.74, 6) is 1.80. The average molecular weight is 328 g/mol. The van der Waals surface area contributed by atoms with Gasteiger partial charge >= 0.3 is 0 Å². The van der Waals surface area contributed by atoms with E-state index in [4.69, 9.17) is 11.6 Å². The van der Waals surface area contributed by atoms with E-state index in [0.29, 0.717) is 5.02 Å². The van der Waals surface area contributed by atoms with Crippen LogP contribution in [0.15, 0.2) is 22.7 Å². The third-order valence-corrected chi connectivity index (χ3v) is 4.44. The standard InChI is InChI=1S/C12H12BrClN4/c1-7-11-16-17-12(18(11)6-5-15-7)8-3-2-4-9(13)10(8)14/h2-4,7,15H,5-6H2,1H3. The molecular formula is C12H12BrClN4. The molecular weight excluding hydrogens is 316 g/mol. The molecule has 0 fully saturated rings. The molecule has 4 nitrogen and oxygen atoms in total. The van der Waals surface area contributed by atoms with Crippen molar-refractivity contribution in [2.75, 3.05) is 6.54 Å². The lowest BCUT2D eigenvalue weighted by Gasteiger charge is -2.22. The minimum atomic E-state index is 0.228. The fraction of sp³-hybridized carbons (Fsp3) is 0.333. The monoisotopic (exact) mass is 326 g/mol. The van der Waals surface area contributed by atoms with Gasteiger partial charge in [-0.05, 0) is 35.0 Å². The van der Waals surface area contributed by atoms with Crippen LogP contribution in [-0.2, 0) is 6.54 Å². The van der Waals surface area contributed by atoms with Crippen LogP contribution in [0.2, 0.25) is 5.02 Å². The second-order valence-corrected chi connectivity index (χ2v) is 5.54. The van der Waals surface area contributed by atoms with Crippen molar-refractivity contribution in [1.82, 2.24) is 20.1 Å². The highest BCUT2D eigenvalue weighted by molar-refractivity contribution is 9.10. The number of nitrogens with zero attached hydrogens (tertiary/aromatic N) is 3. The Morgan fingerprint density at radius 1 is 1.44 bits per heavy atom. The van der Waals surface area contributed by atoms with Crippen molar-refractivity contribution in [2.24, 2.45) is 0 Å². The van der Waals surface area contributed by atoms with Crippen molar-refractivity contribution >= 4 is 27.5 Å². The van der Waals surface area contributed by atoms with E-state index in [1.807, 2.05) is 18.2 Å². The Morgan fingerprint density at radius 3 is 3.11 bits per heavy atom. The molecule has 0 saturated carbocycles. The maximum Gasteiger partial charge on any atom is 0.165 e.